The molecule has 0 amide bonds. The van der Waals surface area contributed by atoms with Crippen LogP contribution in [-0.4, -0.2) is 12.1 Å². The van der Waals surface area contributed by atoms with Crippen LogP contribution in [0.5, 0.6) is 5.88 Å². The highest BCUT2D eigenvalue weighted by molar-refractivity contribution is 5.83. The molecule has 1 aromatic heterocycles. The minimum absolute atomic E-state index is 0.672. The highest BCUT2D eigenvalue weighted by Gasteiger charge is 2.04. The third-order valence-electron chi connectivity index (χ3n) is 2.82. The molecule has 0 saturated heterocycles. The Bertz CT molecular complexity index is 491. The van der Waals surface area contributed by atoms with Gasteiger partial charge in [-0.3, -0.25) is 0 Å². The van der Waals surface area contributed by atoms with Gasteiger partial charge >= 0.3 is 0 Å². The molecule has 0 unspecified atom stereocenters. The largest absolute Gasteiger partial charge is 0.481 e. The molecule has 2 aromatic rings. The molecule has 0 bridgehead atoms. The van der Waals surface area contributed by atoms with E-state index in [9.17, 15) is 0 Å². The highest BCUT2D eigenvalue weighted by atomic mass is 16.5. The molecule has 1 heterocycles. The van der Waals surface area contributed by atoms with Crippen LogP contribution < -0.4 is 4.74 Å². The number of aryl methyl sites for hydroxylation is 2. The Labute approximate surface area is 89.9 Å². The topological polar surface area (TPSA) is 22.1 Å². The SMILES string of the molecule is CCc1ccc2nc(OC)ccc2c1C. The molecule has 0 spiro atoms. The Morgan fingerprint density at radius 1 is 1.20 bits per heavy atom. The smallest absolute Gasteiger partial charge is 0.213 e. The quantitative estimate of drug-likeness (QED) is 0.744. The molecule has 1 aromatic carbocycles. The molecule has 0 aliphatic carbocycles. The normalized spacial score (nSPS) is 10.6. The Kier molecular flexibility index (Phi) is 2.58. The van der Waals surface area contributed by atoms with Crippen molar-refractivity contribution in [3.05, 3.63) is 35.4 Å². The lowest BCUT2D eigenvalue weighted by Gasteiger charge is -2.07. The van der Waals surface area contributed by atoms with Crippen molar-refractivity contribution in [2.24, 2.45) is 0 Å². The van der Waals surface area contributed by atoms with Crippen LogP contribution in [0.1, 0.15) is 18.1 Å². The molecule has 0 aliphatic heterocycles. The minimum Gasteiger partial charge on any atom is -0.481 e. The number of pyridine rings is 1. The average molecular weight is 201 g/mol. The summed E-state index contributed by atoms with van der Waals surface area (Å²) in [5.74, 6) is 0.672. The highest BCUT2D eigenvalue weighted by Crippen LogP contribution is 2.23. The molecule has 0 fully saturated rings. The lowest BCUT2D eigenvalue weighted by Crippen LogP contribution is -1.92. The van der Waals surface area contributed by atoms with E-state index >= 15 is 0 Å². The fraction of sp³-hybridized carbons (Fsp3) is 0.308. The molecule has 78 valence electrons. The minimum atomic E-state index is 0.672. The predicted molar refractivity (Wildman–Crippen MR) is 62.4 cm³/mol. The summed E-state index contributed by atoms with van der Waals surface area (Å²) in [7, 11) is 1.64. The number of benzene rings is 1. The zero-order chi connectivity index (χ0) is 10.8. The van der Waals surface area contributed by atoms with E-state index in [1.807, 2.05) is 6.07 Å². The summed E-state index contributed by atoms with van der Waals surface area (Å²) >= 11 is 0. The Morgan fingerprint density at radius 3 is 2.67 bits per heavy atom. The van der Waals surface area contributed by atoms with E-state index in [4.69, 9.17) is 4.74 Å². The first-order valence-electron chi connectivity index (χ1n) is 5.19. The Balaban J connectivity index is 2.68. The summed E-state index contributed by atoms with van der Waals surface area (Å²) in [5.41, 5.74) is 3.71. The molecule has 0 atom stereocenters. The predicted octanol–water partition coefficient (Wildman–Crippen LogP) is 3.11. The van der Waals surface area contributed by atoms with Gasteiger partial charge in [0, 0.05) is 11.5 Å². The number of methoxy groups -OCH3 is 1. The summed E-state index contributed by atoms with van der Waals surface area (Å²) in [6.45, 7) is 4.32. The second-order valence-corrected chi connectivity index (χ2v) is 3.62. The van der Waals surface area contributed by atoms with Crippen LogP contribution in [0.15, 0.2) is 24.3 Å². The standard InChI is InChI=1S/C13H15NO/c1-4-10-5-7-12-11(9(10)2)6-8-13(14-12)15-3/h5-8H,4H2,1-3H3. The van der Waals surface area contributed by atoms with Gasteiger partial charge in [-0.2, -0.15) is 0 Å². The number of fused-ring (bicyclic) bond motifs is 1. The summed E-state index contributed by atoms with van der Waals surface area (Å²) in [6.07, 6.45) is 1.06. The van der Waals surface area contributed by atoms with E-state index in [1.54, 1.807) is 7.11 Å². The van der Waals surface area contributed by atoms with Crippen molar-refractivity contribution < 1.29 is 4.74 Å². The van der Waals surface area contributed by atoms with E-state index in [2.05, 4.69) is 37.0 Å². The zero-order valence-corrected chi connectivity index (χ0v) is 9.37. The molecule has 2 heteroatoms. The summed E-state index contributed by atoms with van der Waals surface area (Å²) in [4.78, 5) is 4.41. The average Bonchev–Trinajstić information content (AvgIpc) is 2.29. The van der Waals surface area contributed by atoms with Gasteiger partial charge in [0.05, 0.1) is 12.6 Å². The Morgan fingerprint density at radius 2 is 2.00 bits per heavy atom. The second kappa shape index (κ2) is 3.89. The summed E-state index contributed by atoms with van der Waals surface area (Å²) < 4.78 is 5.11. The van der Waals surface area contributed by atoms with Gasteiger partial charge < -0.3 is 4.74 Å². The first kappa shape index (κ1) is 9.97. The van der Waals surface area contributed by atoms with E-state index in [-0.39, 0.29) is 0 Å². The van der Waals surface area contributed by atoms with Crippen molar-refractivity contribution in [1.29, 1.82) is 0 Å². The molecule has 2 rings (SSSR count). The van der Waals surface area contributed by atoms with Crippen LogP contribution in [0.2, 0.25) is 0 Å². The van der Waals surface area contributed by atoms with Gasteiger partial charge in [-0.05, 0) is 36.6 Å². The van der Waals surface area contributed by atoms with Gasteiger partial charge in [0.25, 0.3) is 0 Å². The molecule has 0 aliphatic rings. The van der Waals surface area contributed by atoms with Crippen molar-refractivity contribution in [2.45, 2.75) is 20.3 Å². The van der Waals surface area contributed by atoms with Gasteiger partial charge in [0.2, 0.25) is 5.88 Å². The van der Waals surface area contributed by atoms with Gasteiger partial charge in [0.15, 0.2) is 0 Å². The van der Waals surface area contributed by atoms with E-state index in [0.29, 0.717) is 5.88 Å². The fourth-order valence-electron chi connectivity index (χ4n) is 1.87. The number of ether oxygens (including phenoxy) is 1. The molecular weight excluding hydrogens is 186 g/mol. The van der Waals surface area contributed by atoms with Gasteiger partial charge in [-0.1, -0.05) is 13.0 Å². The van der Waals surface area contributed by atoms with Crippen LogP contribution >= 0.6 is 0 Å². The fourth-order valence-corrected chi connectivity index (χ4v) is 1.87. The van der Waals surface area contributed by atoms with E-state index < -0.39 is 0 Å². The second-order valence-electron chi connectivity index (χ2n) is 3.62. The van der Waals surface area contributed by atoms with Crippen LogP contribution in [0.3, 0.4) is 0 Å². The van der Waals surface area contributed by atoms with Gasteiger partial charge in [-0.15, -0.1) is 0 Å². The van der Waals surface area contributed by atoms with E-state index in [1.165, 1.54) is 16.5 Å². The van der Waals surface area contributed by atoms with Crippen molar-refractivity contribution in [3.63, 3.8) is 0 Å². The molecule has 0 radical (unpaired) electrons. The van der Waals surface area contributed by atoms with Crippen molar-refractivity contribution in [3.8, 4) is 5.88 Å². The maximum Gasteiger partial charge on any atom is 0.213 e. The van der Waals surface area contributed by atoms with Crippen LogP contribution in [0, 0.1) is 6.92 Å². The molecular formula is C13H15NO. The molecule has 15 heavy (non-hydrogen) atoms. The van der Waals surface area contributed by atoms with Crippen LogP contribution in [0.4, 0.5) is 0 Å². The monoisotopic (exact) mass is 201 g/mol. The maximum absolute atomic E-state index is 5.11. The maximum atomic E-state index is 5.11. The summed E-state index contributed by atoms with van der Waals surface area (Å²) in [6, 6.07) is 8.19. The summed E-state index contributed by atoms with van der Waals surface area (Å²) in [5, 5.41) is 1.22. The molecule has 2 nitrogen and oxygen atoms in total. The third-order valence-corrected chi connectivity index (χ3v) is 2.82. The zero-order valence-electron chi connectivity index (χ0n) is 9.37. The first-order valence-corrected chi connectivity index (χ1v) is 5.19. The Hall–Kier alpha value is -1.57. The lowest BCUT2D eigenvalue weighted by molar-refractivity contribution is 0.399. The van der Waals surface area contributed by atoms with Crippen molar-refractivity contribution >= 4 is 10.9 Å². The van der Waals surface area contributed by atoms with Gasteiger partial charge in [0.1, 0.15) is 0 Å². The number of hydrogen-bond donors (Lipinski definition) is 0. The van der Waals surface area contributed by atoms with Crippen LogP contribution in [0.25, 0.3) is 10.9 Å². The number of hydrogen-bond acceptors (Lipinski definition) is 2. The van der Waals surface area contributed by atoms with Crippen LogP contribution in [-0.2, 0) is 6.42 Å². The van der Waals surface area contributed by atoms with E-state index in [0.717, 1.165) is 11.9 Å². The number of aromatic nitrogens is 1. The molecule has 0 saturated carbocycles. The van der Waals surface area contributed by atoms with Crippen molar-refractivity contribution in [2.75, 3.05) is 7.11 Å². The van der Waals surface area contributed by atoms with Gasteiger partial charge in [-0.25, -0.2) is 4.98 Å². The first-order chi connectivity index (χ1) is 7.26. The lowest BCUT2D eigenvalue weighted by atomic mass is 10.0. The number of nitrogens with zero attached hydrogens (tertiary/aromatic N) is 1. The third kappa shape index (κ3) is 1.67. The number of rotatable bonds is 2. The molecule has 0 N–H and O–H groups in total. The van der Waals surface area contributed by atoms with Crippen molar-refractivity contribution in [1.82, 2.24) is 4.98 Å².